The Labute approximate surface area is 117 Å². The van der Waals surface area contributed by atoms with Crippen molar-refractivity contribution < 1.29 is 9.53 Å². The third kappa shape index (κ3) is 2.16. The van der Waals surface area contributed by atoms with E-state index in [-0.39, 0.29) is 5.97 Å². The molecule has 0 unspecified atom stereocenters. The van der Waals surface area contributed by atoms with Gasteiger partial charge in [0.25, 0.3) is 0 Å². The SMILES string of the molecule is CCOC(=O)Cc1cccc2c1[nH]c1ccc(C)cc12. The van der Waals surface area contributed by atoms with E-state index >= 15 is 0 Å². The molecule has 3 nitrogen and oxygen atoms in total. The Hall–Kier alpha value is -2.29. The number of benzene rings is 2. The van der Waals surface area contributed by atoms with Crippen LogP contribution in [0.4, 0.5) is 0 Å². The summed E-state index contributed by atoms with van der Waals surface area (Å²) in [7, 11) is 0. The standard InChI is InChI=1S/C17H17NO2/c1-3-20-16(19)10-12-5-4-6-13-14-9-11(2)7-8-15(14)18-17(12)13/h4-9,18H,3,10H2,1-2H3. The lowest BCUT2D eigenvalue weighted by Crippen LogP contribution is -2.07. The number of H-pyrrole nitrogens is 1. The lowest BCUT2D eigenvalue weighted by Gasteiger charge is -2.03. The molecule has 20 heavy (non-hydrogen) atoms. The van der Waals surface area contributed by atoms with Gasteiger partial charge in [-0.1, -0.05) is 29.8 Å². The first-order valence-corrected chi connectivity index (χ1v) is 6.84. The molecular formula is C17H17NO2. The zero-order valence-electron chi connectivity index (χ0n) is 11.7. The van der Waals surface area contributed by atoms with Gasteiger partial charge in [0.1, 0.15) is 0 Å². The van der Waals surface area contributed by atoms with Crippen molar-refractivity contribution >= 4 is 27.8 Å². The minimum atomic E-state index is -0.185. The summed E-state index contributed by atoms with van der Waals surface area (Å²) in [5.74, 6) is -0.185. The van der Waals surface area contributed by atoms with E-state index in [1.54, 1.807) is 0 Å². The summed E-state index contributed by atoms with van der Waals surface area (Å²) in [6.45, 7) is 4.33. The van der Waals surface area contributed by atoms with E-state index in [0.717, 1.165) is 22.0 Å². The Morgan fingerprint density at radius 2 is 2.05 bits per heavy atom. The average Bonchev–Trinajstić information content (AvgIpc) is 2.78. The van der Waals surface area contributed by atoms with Gasteiger partial charge in [-0.25, -0.2) is 0 Å². The molecule has 0 radical (unpaired) electrons. The molecule has 0 aliphatic carbocycles. The Bertz CT molecular complexity index is 786. The molecule has 0 bridgehead atoms. The zero-order valence-corrected chi connectivity index (χ0v) is 11.7. The van der Waals surface area contributed by atoms with E-state index in [1.165, 1.54) is 10.9 Å². The fourth-order valence-corrected chi connectivity index (χ4v) is 2.61. The highest BCUT2D eigenvalue weighted by Crippen LogP contribution is 2.28. The molecule has 0 aliphatic rings. The van der Waals surface area contributed by atoms with Gasteiger partial charge in [-0.15, -0.1) is 0 Å². The van der Waals surface area contributed by atoms with Crippen molar-refractivity contribution in [1.82, 2.24) is 4.98 Å². The third-order valence-corrected chi connectivity index (χ3v) is 3.52. The highest BCUT2D eigenvalue weighted by atomic mass is 16.5. The Balaban J connectivity index is 2.14. The van der Waals surface area contributed by atoms with Gasteiger partial charge >= 0.3 is 5.97 Å². The predicted molar refractivity (Wildman–Crippen MR) is 80.9 cm³/mol. The molecule has 3 heteroatoms. The summed E-state index contributed by atoms with van der Waals surface area (Å²) in [6.07, 6.45) is 0.303. The highest BCUT2D eigenvalue weighted by Gasteiger charge is 2.11. The zero-order chi connectivity index (χ0) is 14.1. The maximum Gasteiger partial charge on any atom is 0.310 e. The Morgan fingerprint density at radius 1 is 1.20 bits per heavy atom. The third-order valence-electron chi connectivity index (χ3n) is 3.52. The molecule has 0 saturated carbocycles. The smallest absolute Gasteiger partial charge is 0.310 e. The second kappa shape index (κ2) is 5.00. The number of ether oxygens (including phenoxy) is 1. The fourth-order valence-electron chi connectivity index (χ4n) is 2.61. The number of esters is 1. The van der Waals surface area contributed by atoms with E-state index in [0.29, 0.717) is 13.0 Å². The minimum Gasteiger partial charge on any atom is -0.466 e. The van der Waals surface area contributed by atoms with Crippen LogP contribution in [-0.2, 0) is 16.0 Å². The van der Waals surface area contributed by atoms with Gasteiger partial charge in [0.2, 0.25) is 0 Å². The number of nitrogens with one attached hydrogen (secondary N) is 1. The van der Waals surface area contributed by atoms with Gasteiger partial charge in [0.15, 0.2) is 0 Å². The fraction of sp³-hybridized carbons (Fsp3) is 0.235. The maximum atomic E-state index is 11.7. The molecule has 0 fully saturated rings. The number of rotatable bonds is 3. The van der Waals surface area contributed by atoms with E-state index in [1.807, 2.05) is 19.1 Å². The quantitative estimate of drug-likeness (QED) is 0.735. The molecule has 2 aromatic carbocycles. The second-order valence-corrected chi connectivity index (χ2v) is 5.00. The minimum absolute atomic E-state index is 0.185. The largest absolute Gasteiger partial charge is 0.466 e. The van der Waals surface area contributed by atoms with Gasteiger partial charge in [0, 0.05) is 16.3 Å². The van der Waals surface area contributed by atoms with Crippen molar-refractivity contribution in [3.63, 3.8) is 0 Å². The van der Waals surface area contributed by atoms with Crippen LogP contribution < -0.4 is 0 Å². The van der Waals surface area contributed by atoms with E-state index in [9.17, 15) is 4.79 Å². The van der Waals surface area contributed by atoms with Crippen LogP contribution in [0, 0.1) is 6.92 Å². The van der Waals surface area contributed by atoms with Crippen LogP contribution in [0.5, 0.6) is 0 Å². The molecule has 0 aliphatic heterocycles. The Kier molecular flexibility index (Phi) is 3.18. The van der Waals surface area contributed by atoms with Crippen LogP contribution in [0.3, 0.4) is 0 Å². The number of carbonyl (C=O) groups excluding carboxylic acids is 1. The van der Waals surface area contributed by atoms with Crippen molar-refractivity contribution in [2.24, 2.45) is 0 Å². The molecule has 1 aromatic heterocycles. The number of aromatic nitrogens is 1. The number of fused-ring (bicyclic) bond motifs is 3. The van der Waals surface area contributed by atoms with Gasteiger partial charge in [-0.2, -0.15) is 0 Å². The van der Waals surface area contributed by atoms with Crippen LogP contribution in [0.1, 0.15) is 18.1 Å². The van der Waals surface area contributed by atoms with Crippen molar-refractivity contribution in [1.29, 1.82) is 0 Å². The lowest BCUT2D eigenvalue weighted by atomic mass is 10.1. The number of para-hydroxylation sites is 1. The molecule has 0 atom stereocenters. The van der Waals surface area contributed by atoms with Gasteiger partial charge < -0.3 is 9.72 Å². The van der Waals surface area contributed by atoms with Crippen molar-refractivity contribution in [2.45, 2.75) is 20.3 Å². The summed E-state index contributed by atoms with van der Waals surface area (Å²) in [4.78, 5) is 15.1. The number of hydrogen-bond donors (Lipinski definition) is 1. The molecule has 102 valence electrons. The summed E-state index contributed by atoms with van der Waals surface area (Å²) in [6, 6.07) is 12.4. The summed E-state index contributed by atoms with van der Waals surface area (Å²) < 4.78 is 5.04. The maximum absolute atomic E-state index is 11.7. The molecular weight excluding hydrogens is 250 g/mol. The number of aromatic amines is 1. The molecule has 0 saturated heterocycles. The van der Waals surface area contributed by atoms with Crippen molar-refractivity contribution in [2.75, 3.05) is 6.61 Å². The summed E-state index contributed by atoms with van der Waals surface area (Å²) in [5, 5.41) is 2.36. The van der Waals surface area contributed by atoms with Gasteiger partial charge in [-0.3, -0.25) is 4.79 Å². The first-order valence-electron chi connectivity index (χ1n) is 6.84. The van der Waals surface area contributed by atoms with Gasteiger partial charge in [-0.05, 0) is 31.5 Å². The number of aryl methyl sites for hydroxylation is 1. The van der Waals surface area contributed by atoms with E-state index in [4.69, 9.17) is 4.74 Å². The first-order chi connectivity index (χ1) is 9.69. The Morgan fingerprint density at radius 3 is 2.85 bits per heavy atom. The summed E-state index contributed by atoms with van der Waals surface area (Å²) >= 11 is 0. The topological polar surface area (TPSA) is 42.1 Å². The number of carbonyl (C=O) groups is 1. The molecule has 0 amide bonds. The lowest BCUT2D eigenvalue weighted by molar-refractivity contribution is -0.142. The molecule has 3 rings (SSSR count). The van der Waals surface area contributed by atoms with Crippen LogP contribution >= 0.6 is 0 Å². The van der Waals surface area contributed by atoms with Crippen LogP contribution in [0.15, 0.2) is 36.4 Å². The van der Waals surface area contributed by atoms with Crippen molar-refractivity contribution in [3.8, 4) is 0 Å². The normalized spacial score (nSPS) is 11.1. The van der Waals surface area contributed by atoms with E-state index < -0.39 is 0 Å². The first kappa shape index (κ1) is 12.7. The second-order valence-electron chi connectivity index (χ2n) is 5.00. The number of hydrogen-bond acceptors (Lipinski definition) is 2. The van der Waals surface area contributed by atoms with Crippen molar-refractivity contribution in [3.05, 3.63) is 47.5 Å². The van der Waals surface area contributed by atoms with Crippen LogP contribution in [0.25, 0.3) is 21.8 Å². The molecule has 1 N–H and O–H groups in total. The monoisotopic (exact) mass is 267 g/mol. The van der Waals surface area contributed by atoms with Crippen LogP contribution in [0.2, 0.25) is 0 Å². The molecule has 1 heterocycles. The van der Waals surface area contributed by atoms with E-state index in [2.05, 4.69) is 36.2 Å². The predicted octanol–water partition coefficient (Wildman–Crippen LogP) is 3.74. The average molecular weight is 267 g/mol. The summed E-state index contributed by atoms with van der Waals surface area (Å²) in [5.41, 5.74) is 4.34. The van der Waals surface area contributed by atoms with Gasteiger partial charge in [0.05, 0.1) is 18.5 Å². The highest BCUT2D eigenvalue weighted by molar-refractivity contribution is 6.08. The molecule has 3 aromatic rings. The molecule has 0 spiro atoms. The van der Waals surface area contributed by atoms with Crippen LogP contribution in [-0.4, -0.2) is 17.6 Å².